The molecular weight excluding hydrogens is 348 g/mol. The van der Waals surface area contributed by atoms with E-state index in [0.29, 0.717) is 28.3 Å². The Labute approximate surface area is 139 Å². The van der Waals surface area contributed by atoms with Crippen molar-refractivity contribution in [1.29, 1.82) is 0 Å². The average Bonchev–Trinajstić information content (AvgIpc) is 2.59. The van der Waals surface area contributed by atoms with E-state index in [-0.39, 0.29) is 0 Å². The van der Waals surface area contributed by atoms with Gasteiger partial charge in [0, 0.05) is 22.0 Å². The van der Waals surface area contributed by atoms with E-state index in [0.717, 1.165) is 16.7 Å². The van der Waals surface area contributed by atoms with Crippen molar-refractivity contribution in [2.24, 2.45) is 0 Å². The molecule has 2 rings (SSSR count). The van der Waals surface area contributed by atoms with Crippen LogP contribution in [0, 0.1) is 0 Å². The predicted molar refractivity (Wildman–Crippen MR) is 90.7 cm³/mol. The van der Waals surface area contributed by atoms with Gasteiger partial charge in [0.25, 0.3) is 0 Å². The fraction of sp³-hybridized carbons (Fsp3) is 0.294. The highest BCUT2D eigenvalue weighted by molar-refractivity contribution is 9.08. The first kappa shape index (κ1) is 16.5. The number of methoxy groups -OCH3 is 4. The fourth-order valence-electron chi connectivity index (χ4n) is 2.45. The van der Waals surface area contributed by atoms with Crippen LogP contribution in [0.2, 0.25) is 0 Å². The minimum absolute atomic E-state index is 0.664. The van der Waals surface area contributed by atoms with Crippen LogP contribution in [0.15, 0.2) is 30.3 Å². The number of hydrogen-bond acceptors (Lipinski definition) is 4. The van der Waals surface area contributed by atoms with Gasteiger partial charge in [0.05, 0.1) is 28.4 Å². The molecular formula is C17H19BrO4. The molecule has 5 heteroatoms. The zero-order valence-electron chi connectivity index (χ0n) is 13.1. The Morgan fingerprint density at radius 3 is 1.91 bits per heavy atom. The monoisotopic (exact) mass is 366 g/mol. The molecule has 0 spiro atoms. The van der Waals surface area contributed by atoms with Gasteiger partial charge < -0.3 is 18.9 Å². The molecule has 4 nitrogen and oxygen atoms in total. The molecule has 0 aliphatic heterocycles. The highest BCUT2D eigenvalue weighted by Gasteiger charge is 2.20. The molecule has 0 aliphatic carbocycles. The largest absolute Gasteiger partial charge is 0.493 e. The minimum Gasteiger partial charge on any atom is -0.493 e. The number of ether oxygens (including phenoxy) is 4. The number of benzene rings is 2. The van der Waals surface area contributed by atoms with Gasteiger partial charge in [-0.05, 0) is 12.1 Å². The highest BCUT2D eigenvalue weighted by atomic mass is 79.9. The van der Waals surface area contributed by atoms with Crippen LogP contribution >= 0.6 is 15.9 Å². The van der Waals surface area contributed by atoms with Crippen molar-refractivity contribution in [1.82, 2.24) is 0 Å². The standard InChI is InChI=1S/C17H19BrO4/c1-19-14-7-5-6-12(16(14)21-3)13-9-8-11(10-18)15(20-2)17(13)22-4/h5-9H,10H2,1-4H3. The van der Waals surface area contributed by atoms with Gasteiger partial charge in [-0.15, -0.1) is 0 Å². The lowest BCUT2D eigenvalue weighted by molar-refractivity contribution is 0.350. The fourth-order valence-corrected chi connectivity index (χ4v) is 2.89. The van der Waals surface area contributed by atoms with Crippen LogP contribution in [0.25, 0.3) is 11.1 Å². The van der Waals surface area contributed by atoms with Gasteiger partial charge in [-0.3, -0.25) is 0 Å². The Balaban J connectivity index is 2.73. The SMILES string of the molecule is COc1cccc(-c2ccc(CBr)c(OC)c2OC)c1OC. The number of para-hydroxylation sites is 1. The van der Waals surface area contributed by atoms with E-state index < -0.39 is 0 Å². The van der Waals surface area contributed by atoms with Crippen LogP contribution in [0.1, 0.15) is 5.56 Å². The Hall–Kier alpha value is -1.88. The summed E-state index contributed by atoms with van der Waals surface area (Å²) in [7, 11) is 6.51. The molecule has 0 amide bonds. The van der Waals surface area contributed by atoms with Gasteiger partial charge >= 0.3 is 0 Å². The zero-order valence-corrected chi connectivity index (χ0v) is 14.7. The molecule has 0 saturated heterocycles. The first-order valence-electron chi connectivity index (χ1n) is 6.73. The summed E-state index contributed by atoms with van der Waals surface area (Å²) in [6.45, 7) is 0. The summed E-state index contributed by atoms with van der Waals surface area (Å²) in [6, 6.07) is 9.74. The van der Waals surface area contributed by atoms with E-state index in [4.69, 9.17) is 18.9 Å². The quantitative estimate of drug-likeness (QED) is 0.714. The van der Waals surface area contributed by atoms with Gasteiger partial charge in [-0.2, -0.15) is 0 Å². The summed E-state index contributed by atoms with van der Waals surface area (Å²) in [4.78, 5) is 0. The summed E-state index contributed by atoms with van der Waals surface area (Å²) in [5.41, 5.74) is 2.79. The maximum Gasteiger partial charge on any atom is 0.168 e. The molecule has 0 aliphatic rings. The van der Waals surface area contributed by atoms with E-state index in [1.54, 1.807) is 28.4 Å². The summed E-state index contributed by atoms with van der Waals surface area (Å²) in [5, 5.41) is 0.683. The van der Waals surface area contributed by atoms with Crippen LogP contribution in [0.3, 0.4) is 0 Å². The van der Waals surface area contributed by atoms with Gasteiger partial charge in [-0.25, -0.2) is 0 Å². The summed E-state index contributed by atoms with van der Waals surface area (Å²) >= 11 is 3.46. The molecule has 2 aromatic rings. The molecule has 118 valence electrons. The molecule has 0 unspecified atom stereocenters. The minimum atomic E-state index is 0.664. The molecule has 0 saturated carbocycles. The van der Waals surface area contributed by atoms with Gasteiger partial charge in [0.1, 0.15) is 0 Å². The molecule has 22 heavy (non-hydrogen) atoms. The van der Waals surface area contributed by atoms with Crippen molar-refractivity contribution < 1.29 is 18.9 Å². The van der Waals surface area contributed by atoms with Crippen molar-refractivity contribution in [2.45, 2.75) is 5.33 Å². The Kier molecular flexibility index (Phi) is 5.55. The van der Waals surface area contributed by atoms with Gasteiger partial charge in [-0.1, -0.05) is 34.1 Å². The van der Waals surface area contributed by atoms with Gasteiger partial charge in [0.15, 0.2) is 23.0 Å². The normalized spacial score (nSPS) is 10.2. The molecule has 0 atom stereocenters. The number of hydrogen-bond donors (Lipinski definition) is 0. The second-order valence-electron chi connectivity index (χ2n) is 4.51. The van der Waals surface area contributed by atoms with Crippen LogP contribution in [0.5, 0.6) is 23.0 Å². The lowest BCUT2D eigenvalue weighted by Crippen LogP contribution is -1.99. The molecule has 0 aromatic heterocycles. The van der Waals surface area contributed by atoms with Crippen molar-refractivity contribution >= 4 is 15.9 Å². The molecule has 0 heterocycles. The maximum absolute atomic E-state index is 5.60. The topological polar surface area (TPSA) is 36.9 Å². The Bertz CT molecular complexity index is 655. The van der Waals surface area contributed by atoms with Crippen LogP contribution < -0.4 is 18.9 Å². The highest BCUT2D eigenvalue weighted by Crippen LogP contribution is 2.46. The molecule has 0 bridgehead atoms. The van der Waals surface area contributed by atoms with Crippen molar-refractivity contribution in [3.63, 3.8) is 0 Å². The second kappa shape index (κ2) is 7.40. The summed E-state index contributed by atoms with van der Waals surface area (Å²) in [6.07, 6.45) is 0. The lowest BCUT2D eigenvalue weighted by Gasteiger charge is -2.18. The average molecular weight is 367 g/mol. The van der Waals surface area contributed by atoms with Crippen molar-refractivity contribution in [2.75, 3.05) is 28.4 Å². The van der Waals surface area contributed by atoms with E-state index in [2.05, 4.69) is 15.9 Å². The summed E-state index contributed by atoms with van der Waals surface area (Å²) in [5.74, 6) is 2.72. The van der Waals surface area contributed by atoms with E-state index in [1.165, 1.54) is 0 Å². The Morgan fingerprint density at radius 2 is 1.36 bits per heavy atom. The summed E-state index contributed by atoms with van der Waals surface area (Å²) < 4.78 is 22.0. The van der Waals surface area contributed by atoms with E-state index in [9.17, 15) is 0 Å². The van der Waals surface area contributed by atoms with Crippen LogP contribution in [0.4, 0.5) is 0 Å². The number of alkyl halides is 1. The zero-order chi connectivity index (χ0) is 16.1. The smallest absolute Gasteiger partial charge is 0.168 e. The molecule has 0 radical (unpaired) electrons. The third kappa shape index (κ3) is 2.86. The first-order chi connectivity index (χ1) is 10.7. The molecule has 2 aromatic carbocycles. The number of rotatable bonds is 6. The van der Waals surface area contributed by atoms with Crippen molar-refractivity contribution in [3.8, 4) is 34.1 Å². The van der Waals surface area contributed by atoms with Gasteiger partial charge in [0.2, 0.25) is 0 Å². The number of halogens is 1. The third-order valence-corrected chi connectivity index (χ3v) is 4.04. The Morgan fingerprint density at radius 1 is 0.727 bits per heavy atom. The van der Waals surface area contributed by atoms with Crippen LogP contribution in [-0.4, -0.2) is 28.4 Å². The predicted octanol–water partition coefficient (Wildman–Crippen LogP) is 4.28. The van der Waals surface area contributed by atoms with Crippen LogP contribution in [-0.2, 0) is 5.33 Å². The second-order valence-corrected chi connectivity index (χ2v) is 5.07. The lowest BCUT2D eigenvalue weighted by atomic mass is 10.0. The van der Waals surface area contributed by atoms with E-state index in [1.807, 2.05) is 30.3 Å². The van der Waals surface area contributed by atoms with E-state index >= 15 is 0 Å². The third-order valence-electron chi connectivity index (χ3n) is 3.44. The van der Waals surface area contributed by atoms with Crippen molar-refractivity contribution in [3.05, 3.63) is 35.9 Å². The molecule has 0 fully saturated rings. The maximum atomic E-state index is 5.60. The first-order valence-corrected chi connectivity index (χ1v) is 7.85. The molecule has 0 N–H and O–H groups in total.